The number of anilines is 1. The van der Waals surface area contributed by atoms with Crippen LogP contribution in [-0.2, 0) is 4.79 Å². The Kier molecular flexibility index (Phi) is 4.09. The number of hydrogen-bond donors (Lipinski definition) is 2. The van der Waals surface area contributed by atoms with Gasteiger partial charge in [-0.1, -0.05) is 12.1 Å². The van der Waals surface area contributed by atoms with E-state index in [1.54, 1.807) is 6.07 Å². The van der Waals surface area contributed by atoms with Crippen molar-refractivity contribution in [2.45, 2.75) is 58.4 Å². The molecule has 0 saturated heterocycles. The second kappa shape index (κ2) is 6.15. The Bertz CT molecular complexity index is 660. The van der Waals surface area contributed by atoms with Crippen molar-refractivity contribution in [1.29, 1.82) is 0 Å². The number of amides is 2. The lowest BCUT2D eigenvalue weighted by atomic mass is 9.49. The summed E-state index contributed by atoms with van der Waals surface area (Å²) in [4.78, 5) is 25.7. The minimum Gasteiger partial charge on any atom is -0.350 e. The van der Waals surface area contributed by atoms with Gasteiger partial charge in [0.25, 0.3) is 5.91 Å². The van der Waals surface area contributed by atoms with E-state index >= 15 is 0 Å². The van der Waals surface area contributed by atoms with E-state index < -0.39 is 0 Å². The molecule has 4 bridgehead atoms. The molecule has 1 aromatic carbocycles. The Morgan fingerprint density at radius 3 is 2.12 bits per heavy atom. The summed E-state index contributed by atoms with van der Waals surface area (Å²) in [5.74, 6) is 2.21. The lowest BCUT2D eigenvalue weighted by molar-refractivity contribution is -0.140. The van der Waals surface area contributed by atoms with E-state index in [0.717, 1.165) is 37.0 Å². The summed E-state index contributed by atoms with van der Waals surface area (Å²) in [6, 6.07) is 7.41. The minimum atomic E-state index is -0.198. The molecule has 4 aliphatic rings. The lowest BCUT2D eigenvalue weighted by Crippen LogP contribution is -2.51. The van der Waals surface area contributed by atoms with E-state index in [0.29, 0.717) is 11.3 Å². The number of carbonyl (C=O) groups is 2. The van der Waals surface area contributed by atoms with Crippen LogP contribution in [0.1, 0.15) is 62.7 Å². The van der Waals surface area contributed by atoms with Gasteiger partial charge in [-0.3, -0.25) is 9.59 Å². The van der Waals surface area contributed by atoms with E-state index in [-0.39, 0.29) is 23.3 Å². The molecule has 0 spiro atoms. The first-order valence-corrected chi connectivity index (χ1v) is 9.66. The zero-order chi connectivity index (χ0) is 17.6. The predicted octanol–water partition coefficient (Wildman–Crippen LogP) is 3.98. The fourth-order valence-electron chi connectivity index (χ4n) is 5.77. The number of para-hydroxylation sites is 1. The average molecular weight is 340 g/mol. The van der Waals surface area contributed by atoms with Crippen LogP contribution in [0.15, 0.2) is 24.3 Å². The third kappa shape index (κ3) is 3.07. The van der Waals surface area contributed by atoms with Gasteiger partial charge in [0.05, 0.1) is 16.7 Å². The topological polar surface area (TPSA) is 58.2 Å². The van der Waals surface area contributed by atoms with Gasteiger partial charge in [0.1, 0.15) is 0 Å². The molecule has 2 N–H and O–H groups in total. The molecule has 4 aliphatic carbocycles. The molecule has 0 aromatic heterocycles. The van der Waals surface area contributed by atoms with Crippen LogP contribution < -0.4 is 10.6 Å². The van der Waals surface area contributed by atoms with Gasteiger partial charge >= 0.3 is 0 Å². The number of rotatable bonds is 4. The van der Waals surface area contributed by atoms with Crippen molar-refractivity contribution in [2.24, 2.45) is 23.2 Å². The van der Waals surface area contributed by atoms with Crippen molar-refractivity contribution >= 4 is 17.5 Å². The molecule has 4 fully saturated rings. The van der Waals surface area contributed by atoms with E-state index in [1.165, 1.54) is 19.3 Å². The average Bonchev–Trinajstić information content (AvgIpc) is 2.53. The molecule has 0 radical (unpaired) electrons. The zero-order valence-corrected chi connectivity index (χ0v) is 15.2. The smallest absolute Gasteiger partial charge is 0.253 e. The third-order valence-corrected chi connectivity index (χ3v) is 6.36. The summed E-state index contributed by atoms with van der Waals surface area (Å²) in [6.07, 6.45) is 7.06. The highest BCUT2D eigenvalue weighted by molar-refractivity contribution is 6.05. The van der Waals surface area contributed by atoms with Crippen molar-refractivity contribution < 1.29 is 9.59 Å². The van der Waals surface area contributed by atoms with Gasteiger partial charge in [-0.05, 0) is 82.3 Å². The van der Waals surface area contributed by atoms with Crippen LogP contribution in [0, 0.1) is 23.2 Å². The van der Waals surface area contributed by atoms with Crippen LogP contribution in [0.25, 0.3) is 0 Å². The first kappa shape index (κ1) is 16.6. The van der Waals surface area contributed by atoms with Crippen LogP contribution in [-0.4, -0.2) is 17.9 Å². The normalized spacial score (nSPS) is 32.7. The Hall–Kier alpha value is -1.84. The molecule has 4 nitrogen and oxygen atoms in total. The van der Waals surface area contributed by atoms with Gasteiger partial charge in [-0.25, -0.2) is 0 Å². The molecular formula is C21H28N2O2. The number of hydrogen-bond acceptors (Lipinski definition) is 2. The molecule has 0 aliphatic heterocycles. The third-order valence-electron chi connectivity index (χ3n) is 6.36. The van der Waals surface area contributed by atoms with E-state index in [9.17, 15) is 9.59 Å². The number of benzene rings is 1. The maximum absolute atomic E-state index is 13.2. The highest BCUT2D eigenvalue weighted by atomic mass is 16.2. The highest BCUT2D eigenvalue weighted by Crippen LogP contribution is 2.60. The van der Waals surface area contributed by atoms with Crippen molar-refractivity contribution in [3.8, 4) is 0 Å². The summed E-state index contributed by atoms with van der Waals surface area (Å²) < 4.78 is 0. The van der Waals surface area contributed by atoms with E-state index in [1.807, 2.05) is 32.0 Å². The van der Waals surface area contributed by atoms with Gasteiger partial charge in [-0.2, -0.15) is 0 Å². The van der Waals surface area contributed by atoms with Gasteiger partial charge in [0.15, 0.2) is 0 Å². The lowest BCUT2D eigenvalue weighted by Gasteiger charge is -2.55. The molecule has 0 heterocycles. The van der Waals surface area contributed by atoms with Crippen LogP contribution in [0.5, 0.6) is 0 Å². The summed E-state index contributed by atoms with van der Waals surface area (Å²) >= 11 is 0. The van der Waals surface area contributed by atoms with Gasteiger partial charge in [-0.15, -0.1) is 0 Å². The maximum Gasteiger partial charge on any atom is 0.253 e. The standard InChI is InChI=1S/C21H28N2O2/c1-13(2)22-19(24)17-5-3-4-6-18(17)23-20(25)21-10-14-7-15(11-21)9-16(8-14)12-21/h3-6,13-16H,7-12H2,1-2H3,(H,22,24)(H,23,25). The highest BCUT2D eigenvalue weighted by Gasteiger charge is 2.54. The quantitative estimate of drug-likeness (QED) is 0.871. The molecule has 0 unspecified atom stereocenters. The van der Waals surface area contributed by atoms with Crippen molar-refractivity contribution in [3.05, 3.63) is 29.8 Å². The second-order valence-corrected chi connectivity index (χ2v) is 8.83. The second-order valence-electron chi connectivity index (χ2n) is 8.83. The molecule has 1 aromatic rings. The first-order valence-electron chi connectivity index (χ1n) is 9.66. The maximum atomic E-state index is 13.2. The molecule has 4 saturated carbocycles. The molecule has 25 heavy (non-hydrogen) atoms. The van der Waals surface area contributed by atoms with Gasteiger partial charge in [0, 0.05) is 6.04 Å². The Labute approximate surface area is 149 Å². The van der Waals surface area contributed by atoms with Crippen molar-refractivity contribution in [1.82, 2.24) is 5.32 Å². The molecule has 5 rings (SSSR count). The van der Waals surface area contributed by atoms with E-state index in [2.05, 4.69) is 10.6 Å². The number of carbonyl (C=O) groups excluding carboxylic acids is 2. The molecular weight excluding hydrogens is 312 g/mol. The molecule has 134 valence electrons. The van der Waals surface area contributed by atoms with Crippen molar-refractivity contribution in [2.75, 3.05) is 5.32 Å². The summed E-state index contributed by atoms with van der Waals surface area (Å²) in [5, 5.41) is 6.04. The van der Waals surface area contributed by atoms with Gasteiger partial charge in [0.2, 0.25) is 5.91 Å². The Morgan fingerprint density at radius 2 is 1.56 bits per heavy atom. The summed E-state index contributed by atoms with van der Waals surface area (Å²) in [7, 11) is 0. The fraction of sp³-hybridized carbons (Fsp3) is 0.619. The monoisotopic (exact) mass is 340 g/mol. The van der Waals surface area contributed by atoms with Crippen LogP contribution in [0.2, 0.25) is 0 Å². The number of nitrogens with one attached hydrogen (secondary N) is 2. The SMILES string of the molecule is CC(C)NC(=O)c1ccccc1NC(=O)C12CC3CC(CC(C3)C1)C2. The molecule has 2 amide bonds. The molecule has 4 heteroatoms. The Balaban J connectivity index is 1.55. The van der Waals surface area contributed by atoms with Gasteiger partial charge < -0.3 is 10.6 Å². The predicted molar refractivity (Wildman–Crippen MR) is 98.3 cm³/mol. The van der Waals surface area contributed by atoms with Crippen molar-refractivity contribution in [3.63, 3.8) is 0 Å². The fourth-order valence-corrected chi connectivity index (χ4v) is 5.77. The Morgan fingerprint density at radius 1 is 1.00 bits per heavy atom. The van der Waals surface area contributed by atoms with Crippen LogP contribution >= 0.6 is 0 Å². The molecule has 0 atom stereocenters. The largest absolute Gasteiger partial charge is 0.350 e. The van der Waals surface area contributed by atoms with Crippen LogP contribution in [0.4, 0.5) is 5.69 Å². The summed E-state index contributed by atoms with van der Waals surface area (Å²) in [6.45, 7) is 3.88. The van der Waals surface area contributed by atoms with E-state index in [4.69, 9.17) is 0 Å². The first-order chi connectivity index (χ1) is 11.9. The summed E-state index contributed by atoms with van der Waals surface area (Å²) in [5.41, 5.74) is 0.992. The zero-order valence-electron chi connectivity index (χ0n) is 15.2. The van der Waals surface area contributed by atoms with Crippen LogP contribution in [0.3, 0.4) is 0 Å². The minimum absolute atomic E-state index is 0.0689.